The largest absolute Gasteiger partial charge is 0.386 e. The molecule has 0 spiro atoms. The van der Waals surface area contributed by atoms with Crippen molar-refractivity contribution in [1.82, 2.24) is 14.8 Å². The van der Waals surface area contributed by atoms with Crippen molar-refractivity contribution in [3.05, 3.63) is 45.4 Å². The standard InChI is InChI=1S/C13H16BrN3O/c1-8-5-4-6-15-13(8)11(18)7-10-12(14)9(2)16-17(10)3/h4-6,11,18H,7H2,1-3H3. The highest BCUT2D eigenvalue weighted by atomic mass is 79.9. The van der Waals surface area contributed by atoms with Crippen molar-refractivity contribution in [2.75, 3.05) is 0 Å². The third-order valence-electron chi connectivity index (χ3n) is 3.01. The Morgan fingerprint density at radius 1 is 1.44 bits per heavy atom. The molecule has 2 heterocycles. The van der Waals surface area contributed by atoms with E-state index in [4.69, 9.17) is 0 Å². The van der Waals surface area contributed by atoms with Gasteiger partial charge in [-0.15, -0.1) is 0 Å². The molecule has 2 aromatic heterocycles. The quantitative estimate of drug-likeness (QED) is 0.947. The van der Waals surface area contributed by atoms with Crippen LogP contribution in [0.4, 0.5) is 0 Å². The van der Waals surface area contributed by atoms with E-state index in [0.29, 0.717) is 6.42 Å². The number of hydrogen-bond acceptors (Lipinski definition) is 3. The Morgan fingerprint density at radius 2 is 2.17 bits per heavy atom. The van der Waals surface area contributed by atoms with Gasteiger partial charge in [0.1, 0.15) is 6.10 Å². The van der Waals surface area contributed by atoms with E-state index in [1.807, 2.05) is 33.0 Å². The second-order valence-corrected chi connectivity index (χ2v) is 5.19. The first-order valence-corrected chi connectivity index (χ1v) is 6.57. The van der Waals surface area contributed by atoms with Crippen LogP contribution in [0.15, 0.2) is 22.8 Å². The molecule has 0 radical (unpaired) electrons. The molecule has 0 fully saturated rings. The third kappa shape index (κ3) is 2.47. The molecule has 0 aromatic carbocycles. The molecule has 0 aliphatic heterocycles. The van der Waals surface area contributed by atoms with E-state index in [2.05, 4.69) is 26.0 Å². The van der Waals surface area contributed by atoms with Gasteiger partial charge in [-0.3, -0.25) is 9.67 Å². The molecule has 1 atom stereocenters. The third-order valence-corrected chi connectivity index (χ3v) is 4.05. The first-order chi connectivity index (χ1) is 8.50. The first-order valence-electron chi connectivity index (χ1n) is 5.78. The molecule has 5 heteroatoms. The summed E-state index contributed by atoms with van der Waals surface area (Å²) in [4.78, 5) is 4.25. The van der Waals surface area contributed by atoms with Gasteiger partial charge < -0.3 is 5.11 Å². The number of aromatic nitrogens is 3. The minimum atomic E-state index is -0.614. The van der Waals surface area contributed by atoms with Crippen molar-refractivity contribution in [3.8, 4) is 0 Å². The average molecular weight is 310 g/mol. The summed E-state index contributed by atoms with van der Waals surface area (Å²) in [6, 6.07) is 3.82. The van der Waals surface area contributed by atoms with Gasteiger partial charge in [0, 0.05) is 19.7 Å². The van der Waals surface area contributed by atoms with Crippen LogP contribution in [0.3, 0.4) is 0 Å². The van der Waals surface area contributed by atoms with Gasteiger partial charge in [-0.05, 0) is 41.4 Å². The van der Waals surface area contributed by atoms with Crippen LogP contribution in [-0.2, 0) is 13.5 Å². The van der Waals surface area contributed by atoms with Gasteiger partial charge in [0.25, 0.3) is 0 Å². The van der Waals surface area contributed by atoms with Crippen LogP contribution in [0.25, 0.3) is 0 Å². The average Bonchev–Trinajstić information content (AvgIpc) is 2.56. The van der Waals surface area contributed by atoms with E-state index >= 15 is 0 Å². The summed E-state index contributed by atoms with van der Waals surface area (Å²) in [5.41, 5.74) is 3.63. The first kappa shape index (κ1) is 13.2. The second-order valence-electron chi connectivity index (χ2n) is 4.40. The van der Waals surface area contributed by atoms with E-state index < -0.39 is 6.10 Å². The lowest BCUT2D eigenvalue weighted by Gasteiger charge is -2.12. The van der Waals surface area contributed by atoms with Gasteiger partial charge in [0.05, 0.1) is 21.6 Å². The molecule has 0 saturated carbocycles. The molecule has 4 nitrogen and oxygen atoms in total. The number of pyridine rings is 1. The van der Waals surface area contributed by atoms with Crippen molar-refractivity contribution in [3.63, 3.8) is 0 Å². The monoisotopic (exact) mass is 309 g/mol. The molecule has 18 heavy (non-hydrogen) atoms. The Hall–Kier alpha value is -1.20. The predicted octanol–water partition coefficient (Wildman–Crippen LogP) is 2.47. The fraction of sp³-hybridized carbons (Fsp3) is 0.385. The topological polar surface area (TPSA) is 50.9 Å². The molecule has 0 bridgehead atoms. The second kappa shape index (κ2) is 5.20. The highest BCUT2D eigenvalue weighted by Crippen LogP contribution is 2.26. The molecule has 96 valence electrons. The molecule has 1 N–H and O–H groups in total. The van der Waals surface area contributed by atoms with Gasteiger partial charge in [-0.2, -0.15) is 5.10 Å². The fourth-order valence-corrected chi connectivity index (χ4v) is 2.53. The van der Waals surface area contributed by atoms with Crippen molar-refractivity contribution in [2.24, 2.45) is 7.05 Å². The van der Waals surface area contributed by atoms with Crippen LogP contribution in [0.1, 0.15) is 28.7 Å². The van der Waals surface area contributed by atoms with Gasteiger partial charge >= 0.3 is 0 Å². The van der Waals surface area contributed by atoms with E-state index in [1.165, 1.54) is 0 Å². The van der Waals surface area contributed by atoms with Crippen LogP contribution in [0, 0.1) is 13.8 Å². The minimum Gasteiger partial charge on any atom is -0.386 e. The minimum absolute atomic E-state index is 0.496. The van der Waals surface area contributed by atoms with Crippen molar-refractivity contribution >= 4 is 15.9 Å². The predicted molar refractivity (Wildman–Crippen MR) is 73.3 cm³/mol. The highest BCUT2D eigenvalue weighted by molar-refractivity contribution is 9.10. The maximum atomic E-state index is 10.3. The Labute approximate surface area is 115 Å². The smallest absolute Gasteiger partial charge is 0.102 e. The fourth-order valence-electron chi connectivity index (χ4n) is 2.03. The molecular formula is C13H16BrN3O. The maximum absolute atomic E-state index is 10.3. The van der Waals surface area contributed by atoms with Gasteiger partial charge in [0.2, 0.25) is 0 Å². The summed E-state index contributed by atoms with van der Waals surface area (Å²) in [6.45, 7) is 3.89. The number of aliphatic hydroxyl groups excluding tert-OH is 1. The lowest BCUT2D eigenvalue weighted by Crippen LogP contribution is -2.09. The molecule has 0 amide bonds. The van der Waals surface area contributed by atoms with E-state index in [0.717, 1.165) is 27.1 Å². The number of nitrogens with zero attached hydrogens (tertiary/aromatic N) is 3. The van der Waals surface area contributed by atoms with Crippen molar-refractivity contribution in [1.29, 1.82) is 0 Å². The molecule has 1 unspecified atom stereocenters. The summed E-state index contributed by atoms with van der Waals surface area (Å²) in [5.74, 6) is 0. The summed E-state index contributed by atoms with van der Waals surface area (Å²) in [6.07, 6.45) is 1.59. The molecule has 2 rings (SSSR count). The number of aliphatic hydroxyl groups is 1. The Kier molecular flexibility index (Phi) is 3.82. The van der Waals surface area contributed by atoms with Crippen molar-refractivity contribution in [2.45, 2.75) is 26.4 Å². The van der Waals surface area contributed by atoms with Gasteiger partial charge in [-0.25, -0.2) is 0 Å². The summed E-state index contributed by atoms with van der Waals surface area (Å²) in [7, 11) is 1.88. The lowest BCUT2D eigenvalue weighted by molar-refractivity contribution is 0.170. The molecule has 2 aromatic rings. The van der Waals surface area contributed by atoms with E-state index in [9.17, 15) is 5.11 Å². The van der Waals surface area contributed by atoms with Crippen LogP contribution < -0.4 is 0 Å². The Bertz CT molecular complexity index is 565. The molecular weight excluding hydrogens is 294 g/mol. The van der Waals surface area contributed by atoms with Crippen LogP contribution in [-0.4, -0.2) is 19.9 Å². The molecule has 0 saturated heterocycles. The van der Waals surface area contributed by atoms with E-state index in [1.54, 1.807) is 10.9 Å². The van der Waals surface area contributed by atoms with Gasteiger partial charge in [0.15, 0.2) is 0 Å². The number of aryl methyl sites for hydroxylation is 3. The normalized spacial score (nSPS) is 12.7. The lowest BCUT2D eigenvalue weighted by atomic mass is 10.1. The zero-order chi connectivity index (χ0) is 13.3. The highest BCUT2D eigenvalue weighted by Gasteiger charge is 2.18. The zero-order valence-electron chi connectivity index (χ0n) is 10.7. The Balaban J connectivity index is 2.27. The van der Waals surface area contributed by atoms with Crippen LogP contribution in [0.5, 0.6) is 0 Å². The van der Waals surface area contributed by atoms with E-state index in [-0.39, 0.29) is 0 Å². The summed E-state index contributed by atoms with van der Waals surface area (Å²) >= 11 is 3.51. The van der Waals surface area contributed by atoms with Crippen LogP contribution >= 0.6 is 15.9 Å². The van der Waals surface area contributed by atoms with Crippen LogP contribution in [0.2, 0.25) is 0 Å². The van der Waals surface area contributed by atoms with Crippen molar-refractivity contribution < 1.29 is 5.11 Å². The molecule has 0 aliphatic rings. The SMILES string of the molecule is Cc1cccnc1C(O)Cc1c(Br)c(C)nn1C. The molecule has 0 aliphatic carbocycles. The maximum Gasteiger partial charge on any atom is 0.102 e. The number of rotatable bonds is 3. The summed E-state index contributed by atoms with van der Waals surface area (Å²) < 4.78 is 2.75. The number of halogens is 1. The zero-order valence-corrected chi connectivity index (χ0v) is 12.3. The number of hydrogen-bond donors (Lipinski definition) is 1. The Morgan fingerprint density at radius 3 is 2.72 bits per heavy atom. The van der Waals surface area contributed by atoms with Gasteiger partial charge in [-0.1, -0.05) is 6.07 Å². The summed E-state index contributed by atoms with van der Waals surface area (Å²) in [5, 5.41) is 14.6.